The molecule has 0 aromatic heterocycles. The summed E-state index contributed by atoms with van der Waals surface area (Å²) in [6.45, 7) is 1.92. The van der Waals surface area contributed by atoms with Gasteiger partial charge in [-0.2, -0.15) is 5.26 Å². The lowest BCUT2D eigenvalue weighted by Crippen LogP contribution is -2.16. The fraction of sp³-hybridized carbons (Fsp3) is 0.222. The molecule has 0 aliphatic heterocycles. The summed E-state index contributed by atoms with van der Waals surface area (Å²) in [6.07, 6.45) is 0.489. The molecule has 0 amide bonds. The van der Waals surface area contributed by atoms with Crippen molar-refractivity contribution in [2.75, 3.05) is 0 Å². The number of carbonyl (C=O) groups excluding carboxylic acids is 1. The molecule has 0 unspecified atom stereocenters. The molecule has 2 aromatic rings. The highest BCUT2D eigenvalue weighted by Gasteiger charge is 2.72. The number of nitrogens with zero attached hydrogens (tertiary/aromatic N) is 1. The standard InChI is InChI=1S/C18H15NO3S/c1-13-7-9-14(10-8-13)16-17(18(16,11-19)12-20)23(21,22)15-5-3-2-4-6-15/h2-10,12,16-17H,1H3/t16-,17+,18+/m1/s1. The van der Waals surface area contributed by atoms with Crippen molar-refractivity contribution in [3.05, 3.63) is 65.7 Å². The highest BCUT2D eigenvalue weighted by molar-refractivity contribution is 7.92. The summed E-state index contributed by atoms with van der Waals surface area (Å²) in [6, 6.07) is 17.2. The van der Waals surface area contributed by atoms with Crippen LogP contribution in [0.15, 0.2) is 59.5 Å². The molecule has 2 aromatic carbocycles. The molecule has 116 valence electrons. The zero-order valence-corrected chi connectivity index (χ0v) is 13.3. The summed E-state index contributed by atoms with van der Waals surface area (Å²) in [4.78, 5) is 11.7. The SMILES string of the molecule is Cc1ccc([C@@H]2[C@H](S(=O)(=O)c3ccccc3)[C@@]2(C#N)C=O)cc1. The first-order valence-corrected chi connectivity index (χ1v) is 8.75. The monoisotopic (exact) mass is 325 g/mol. The summed E-state index contributed by atoms with van der Waals surface area (Å²) in [5.74, 6) is -0.629. The Kier molecular flexibility index (Phi) is 3.57. The highest BCUT2D eigenvalue weighted by Crippen LogP contribution is 2.62. The third-order valence-electron chi connectivity index (χ3n) is 4.41. The zero-order valence-electron chi connectivity index (χ0n) is 12.5. The van der Waals surface area contributed by atoms with Gasteiger partial charge in [-0.3, -0.25) is 0 Å². The van der Waals surface area contributed by atoms with Gasteiger partial charge < -0.3 is 4.79 Å². The highest BCUT2D eigenvalue weighted by atomic mass is 32.2. The smallest absolute Gasteiger partial charge is 0.183 e. The van der Waals surface area contributed by atoms with E-state index in [1.54, 1.807) is 30.3 Å². The van der Waals surface area contributed by atoms with Gasteiger partial charge in [-0.15, -0.1) is 0 Å². The number of rotatable bonds is 4. The third-order valence-corrected chi connectivity index (χ3v) is 6.67. The summed E-state index contributed by atoms with van der Waals surface area (Å²) in [5.41, 5.74) is 0.225. The van der Waals surface area contributed by atoms with Crippen LogP contribution in [0.4, 0.5) is 0 Å². The Balaban J connectivity index is 2.09. The van der Waals surface area contributed by atoms with E-state index in [0.29, 0.717) is 11.8 Å². The Bertz CT molecular complexity index is 882. The summed E-state index contributed by atoms with van der Waals surface area (Å²) in [5, 5.41) is 8.44. The molecule has 5 heteroatoms. The second-order valence-electron chi connectivity index (χ2n) is 5.83. The van der Waals surface area contributed by atoms with Gasteiger partial charge in [0.1, 0.15) is 17.0 Å². The maximum Gasteiger partial charge on any atom is 0.183 e. The van der Waals surface area contributed by atoms with E-state index in [4.69, 9.17) is 0 Å². The molecule has 1 aliphatic carbocycles. The van der Waals surface area contributed by atoms with Crippen LogP contribution in [0.25, 0.3) is 0 Å². The molecule has 0 N–H and O–H groups in total. The second kappa shape index (κ2) is 5.32. The minimum Gasteiger partial charge on any atom is -0.302 e. The molecule has 1 saturated carbocycles. The number of nitriles is 1. The fourth-order valence-corrected chi connectivity index (χ4v) is 5.35. The van der Waals surface area contributed by atoms with E-state index in [2.05, 4.69) is 0 Å². The normalized spacial score (nSPS) is 26.3. The summed E-state index contributed by atoms with van der Waals surface area (Å²) < 4.78 is 25.7. The number of hydrogen-bond donors (Lipinski definition) is 0. The molecular weight excluding hydrogens is 310 g/mol. The quantitative estimate of drug-likeness (QED) is 0.810. The topological polar surface area (TPSA) is 75.0 Å². The van der Waals surface area contributed by atoms with Gasteiger partial charge in [0.25, 0.3) is 0 Å². The van der Waals surface area contributed by atoms with Crippen LogP contribution in [-0.2, 0) is 14.6 Å². The molecule has 1 fully saturated rings. The Hall–Kier alpha value is -2.45. The van der Waals surface area contributed by atoms with Crippen LogP contribution in [0.1, 0.15) is 17.0 Å². The Labute approximate surface area is 135 Å². The van der Waals surface area contributed by atoms with Gasteiger partial charge in [-0.05, 0) is 24.6 Å². The molecule has 3 atom stereocenters. The molecule has 0 heterocycles. The lowest BCUT2D eigenvalue weighted by Gasteiger charge is -2.04. The Morgan fingerprint density at radius 2 is 1.70 bits per heavy atom. The van der Waals surface area contributed by atoms with Gasteiger partial charge >= 0.3 is 0 Å². The number of aldehydes is 1. The van der Waals surface area contributed by atoms with Crippen LogP contribution >= 0.6 is 0 Å². The molecule has 4 nitrogen and oxygen atoms in total. The van der Waals surface area contributed by atoms with Crippen molar-refractivity contribution < 1.29 is 13.2 Å². The number of sulfone groups is 1. The lowest BCUT2D eigenvalue weighted by atomic mass is 10.0. The summed E-state index contributed by atoms with van der Waals surface area (Å²) in [7, 11) is -3.76. The van der Waals surface area contributed by atoms with Crippen LogP contribution in [0.2, 0.25) is 0 Å². The Morgan fingerprint density at radius 3 is 2.22 bits per heavy atom. The van der Waals surface area contributed by atoms with Gasteiger partial charge in [-0.25, -0.2) is 8.42 Å². The van der Waals surface area contributed by atoms with Crippen molar-refractivity contribution in [2.24, 2.45) is 5.41 Å². The molecule has 0 bridgehead atoms. The lowest BCUT2D eigenvalue weighted by molar-refractivity contribution is -0.110. The number of benzene rings is 2. The number of carbonyl (C=O) groups is 1. The average molecular weight is 325 g/mol. The predicted molar refractivity (Wildman–Crippen MR) is 85.4 cm³/mol. The van der Waals surface area contributed by atoms with Crippen LogP contribution in [0.5, 0.6) is 0 Å². The molecular formula is C18H15NO3S. The maximum atomic E-state index is 12.9. The van der Waals surface area contributed by atoms with Crippen molar-refractivity contribution in [1.29, 1.82) is 5.26 Å². The van der Waals surface area contributed by atoms with Gasteiger partial charge in [0.05, 0.1) is 11.0 Å². The van der Waals surface area contributed by atoms with E-state index in [1.165, 1.54) is 12.1 Å². The largest absolute Gasteiger partial charge is 0.302 e. The first-order valence-electron chi connectivity index (χ1n) is 7.20. The molecule has 1 aliphatic rings. The van der Waals surface area contributed by atoms with Crippen molar-refractivity contribution in [2.45, 2.75) is 23.0 Å². The fourth-order valence-electron chi connectivity index (χ4n) is 3.09. The van der Waals surface area contributed by atoms with Crippen LogP contribution in [0, 0.1) is 23.7 Å². The van der Waals surface area contributed by atoms with Gasteiger partial charge in [0.15, 0.2) is 9.84 Å². The van der Waals surface area contributed by atoms with Crippen molar-refractivity contribution in [1.82, 2.24) is 0 Å². The molecule has 23 heavy (non-hydrogen) atoms. The van der Waals surface area contributed by atoms with Gasteiger partial charge in [-0.1, -0.05) is 48.0 Å². The number of hydrogen-bond acceptors (Lipinski definition) is 4. The second-order valence-corrected chi connectivity index (χ2v) is 7.90. The third kappa shape index (κ3) is 2.27. The van der Waals surface area contributed by atoms with E-state index in [-0.39, 0.29) is 4.90 Å². The minimum absolute atomic E-state index is 0.140. The predicted octanol–water partition coefficient (Wildman–Crippen LogP) is 2.64. The van der Waals surface area contributed by atoms with Gasteiger partial charge in [0, 0.05) is 5.92 Å². The first kappa shape index (κ1) is 15.4. The zero-order chi connectivity index (χ0) is 16.7. The molecule has 0 spiro atoms. The van der Waals surface area contributed by atoms with E-state index in [1.807, 2.05) is 25.1 Å². The average Bonchev–Trinajstić information content (AvgIpc) is 3.27. The van der Waals surface area contributed by atoms with E-state index in [0.717, 1.165) is 5.56 Å². The van der Waals surface area contributed by atoms with Crippen LogP contribution in [0.3, 0.4) is 0 Å². The van der Waals surface area contributed by atoms with E-state index in [9.17, 15) is 18.5 Å². The number of aryl methyl sites for hydroxylation is 1. The minimum atomic E-state index is -3.76. The first-order chi connectivity index (χ1) is 11.0. The van der Waals surface area contributed by atoms with E-state index < -0.39 is 26.4 Å². The maximum absolute atomic E-state index is 12.9. The summed E-state index contributed by atoms with van der Waals surface area (Å²) >= 11 is 0. The molecule has 0 saturated heterocycles. The van der Waals surface area contributed by atoms with E-state index >= 15 is 0 Å². The molecule has 3 rings (SSSR count). The van der Waals surface area contributed by atoms with Crippen molar-refractivity contribution in [3.8, 4) is 6.07 Å². The van der Waals surface area contributed by atoms with Gasteiger partial charge in [0.2, 0.25) is 0 Å². The Morgan fingerprint density at radius 1 is 1.09 bits per heavy atom. The molecule has 0 radical (unpaired) electrons. The van der Waals surface area contributed by atoms with Crippen molar-refractivity contribution in [3.63, 3.8) is 0 Å². The van der Waals surface area contributed by atoms with Crippen LogP contribution < -0.4 is 0 Å². The van der Waals surface area contributed by atoms with Crippen molar-refractivity contribution >= 4 is 16.1 Å². The van der Waals surface area contributed by atoms with Crippen LogP contribution in [-0.4, -0.2) is 20.0 Å².